The van der Waals surface area contributed by atoms with Crippen LogP contribution in [0, 0.1) is 13.8 Å². The minimum Gasteiger partial charge on any atom is -0.345 e. The number of hydrogen-bond acceptors (Lipinski definition) is 1. The summed E-state index contributed by atoms with van der Waals surface area (Å²) in [5.74, 6) is 0. The SMILES string of the molecule is Cc1cc(C)cc(N(C)c2cc3ccc4cccc5ccc(c2)c3c45)c1. The van der Waals surface area contributed by atoms with Crippen molar-refractivity contribution in [1.82, 2.24) is 0 Å². The molecule has 1 nitrogen and oxygen atoms in total. The van der Waals surface area contributed by atoms with E-state index in [1.54, 1.807) is 0 Å². The maximum atomic E-state index is 2.31. The van der Waals surface area contributed by atoms with Gasteiger partial charge in [0.2, 0.25) is 0 Å². The Morgan fingerprint density at radius 1 is 0.538 bits per heavy atom. The summed E-state index contributed by atoms with van der Waals surface area (Å²) in [6, 6.07) is 26.9. The van der Waals surface area contributed by atoms with Crippen LogP contribution in [0.4, 0.5) is 11.4 Å². The van der Waals surface area contributed by atoms with E-state index in [1.165, 1.54) is 54.8 Å². The molecule has 5 rings (SSSR count). The summed E-state index contributed by atoms with van der Waals surface area (Å²) in [4.78, 5) is 2.29. The Kier molecular flexibility index (Phi) is 3.20. The van der Waals surface area contributed by atoms with E-state index in [-0.39, 0.29) is 0 Å². The minimum absolute atomic E-state index is 1.22. The molecule has 1 heteroatoms. The molecule has 5 aromatic rings. The van der Waals surface area contributed by atoms with Gasteiger partial charge in [-0.05, 0) is 81.6 Å². The molecular weight excluding hydrogens is 314 g/mol. The highest BCUT2D eigenvalue weighted by Crippen LogP contribution is 2.38. The van der Waals surface area contributed by atoms with Crippen molar-refractivity contribution >= 4 is 43.7 Å². The average Bonchev–Trinajstić information content (AvgIpc) is 2.64. The smallest absolute Gasteiger partial charge is 0.0420 e. The maximum absolute atomic E-state index is 2.31. The Morgan fingerprint density at radius 3 is 1.58 bits per heavy atom. The van der Waals surface area contributed by atoms with E-state index in [2.05, 4.69) is 98.6 Å². The number of aryl methyl sites for hydroxylation is 2. The predicted octanol–water partition coefficient (Wildman–Crippen LogP) is 6.97. The van der Waals surface area contributed by atoms with Gasteiger partial charge in [0, 0.05) is 18.4 Å². The first-order chi connectivity index (χ1) is 12.6. The summed E-state index contributed by atoms with van der Waals surface area (Å²) in [5.41, 5.74) is 5.05. The molecule has 26 heavy (non-hydrogen) atoms. The molecule has 0 bridgehead atoms. The van der Waals surface area contributed by atoms with Gasteiger partial charge in [0.15, 0.2) is 0 Å². The summed E-state index contributed by atoms with van der Waals surface area (Å²) < 4.78 is 0. The summed E-state index contributed by atoms with van der Waals surface area (Å²) in [5, 5.41) is 7.99. The van der Waals surface area contributed by atoms with Gasteiger partial charge in [-0.2, -0.15) is 0 Å². The van der Waals surface area contributed by atoms with E-state index in [1.807, 2.05) is 0 Å². The molecule has 0 heterocycles. The van der Waals surface area contributed by atoms with Gasteiger partial charge in [-0.15, -0.1) is 0 Å². The van der Waals surface area contributed by atoms with Crippen molar-refractivity contribution in [3.63, 3.8) is 0 Å². The Balaban J connectivity index is 1.76. The van der Waals surface area contributed by atoms with Crippen LogP contribution in [0.2, 0.25) is 0 Å². The number of hydrogen-bond donors (Lipinski definition) is 0. The van der Waals surface area contributed by atoms with E-state index in [0.29, 0.717) is 0 Å². The highest BCUT2D eigenvalue weighted by atomic mass is 15.1. The molecule has 0 aliphatic heterocycles. The van der Waals surface area contributed by atoms with Crippen molar-refractivity contribution < 1.29 is 0 Å². The van der Waals surface area contributed by atoms with E-state index in [0.717, 1.165) is 0 Å². The van der Waals surface area contributed by atoms with E-state index < -0.39 is 0 Å². The topological polar surface area (TPSA) is 3.24 Å². The van der Waals surface area contributed by atoms with Gasteiger partial charge < -0.3 is 4.90 Å². The van der Waals surface area contributed by atoms with Crippen LogP contribution in [-0.4, -0.2) is 7.05 Å². The van der Waals surface area contributed by atoms with Crippen LogP contribution < -0.4 is 4.90 Å². The molecule has 126 valence electrons. The summed E-state index contributed by atoms with van der Waals surface area (Å²) in [6.07, 6.45) is 0. The predicted molar refractivity (Wildman–Crippen MR) is 114 cm³/mol. The molecule has 0 aliphatic carbocycles. The third-order valence-corrected chi connectivity index (χ3v) is 5.43. The quantitative estimate of drug-likeness (QED) is 0.315. The van der Waals surface area contributed by atoms with Crippen LogP contribution in [0.3, 0.4) is 0 Å². The third kappa shape index (κ3) is 2.24. The first-order valence-electron chi connectivity index (χ1n) is 9.10. The first-order valence-corrected chi connectivity index (χ1v) is 9.10. The van der Waals surface area contributed by atoms with Gasteiger partial charge in [0.1, 0.15) is 0 Å². The standard InChI is InChI=1S/C25H21N/c1-16-11-17(2)13-22(12-16)26(3)23-14-20-9-7-18-5-4-6-19-8-10-21(15-23)25(20)24(18)19/h4-15H,1-3H3. The molecule has 0 aliphatic rings. The van der Waals surface area contributed by atoms with Crippen molar-refractivity contribution in [2.45, 2.75) is 13.8 Å². The fourth-order valence-corrected chi connectivity index (χ4v) is 4.22. The molecule has 0 unspecified atom stereocenters. The van der Waals surface area contributed by atoms with Crippen molar-refractivity contribution in [1.29, 1.82) is 0 Å². The minimum atomic E-state index is 1.22. The van der Waals surface area contributed by atoms with Crippen LogP contribution in [0.1, 0.15) is 11.1 Å². The molecule has 0 N–H and O–H groups in total. The second-order valence-electron chi connectivity index (χ2n) is 7.38. The van der Waals surface area contributed by atoms with E-state index >= 15 is 0 Å². The monoisotopic (exact) mass is 335 g/mol. The van der Waals surface area contributed by atoms with Crippen LogP contribution in [-0.2, 0) is 0 Å². The summed E-state index contributed by atoms with van der Waals surface area (Å²) >= 11 is 0. The third-order valence-electron chi connectivity index (χ3n) is 5.43. The zero-order valence-corrected chi connectivity index (χ0v) is 15.4. The number of rotatable bonds is 2. The van der Waals surface area contributed by atoms with Crippen molar-refractivity contribution in [3.8, 4) is 0 Å². The average molecular weight is 335 g/mol. The Labute approximate surface area is 153 Å². The maximum Gasteiger partial charge on any atom is 0.0420 e. The van der Waals surface area contributed by atoms with Gasteiger partial charge in [0.05, 0.1) is 0 Å². The van der Waals surface area contributed by atoms with Gasteiger partial charge in [-0.3, -0.25) is 0 Å². The molecular formula is C25H21N. The van der Waals surface area contributed by atoms with E-state index in [4.69, 9.17) is 0 Å². The number of anilines is 2. The largest absolute Gasteiger partial charge is 0.345 e. The Hall–Kier alpha value is -3.06. The fraction of sp³-hybridized carbons (Fsp3) is 0.120. The highest BCUT2D eigenvalue weighted by molar-refractivity contribution is 6.23. The molecule has 0 fully saturated rings. The van der Waals surface area contributed by atoms with E-state index in [9.17, 15) is 0 Å². The lowest BCUT2D eigenvalue weighted by Crippen LogP contribution is -2.10. The van der Waals surface area contributed by atoms with Crippen molar-refractivity contribution in [2.24, 2.45) is 0 Å². The molecule has 0 spiro atoms. The molecule has 0 saturated heterocycles. The van der Waals surface area contributed by atoms with Gasteiger partial charge in [0.25, 0.3) is 0 Å². The van der Waals surface area contributed by atoms with Crippen molar-refractivity contribution in [3.05, 3.63) is 83.9 Å². The normalized spacial score (nSPS) is 11.7. The lowest BCUT2D eigenvalue weighted by atomic mass is 9.94. The van der Waals surface area contributed by atoms with Crippen LogP contribution in [0.15, 0.2) is 72.8 Å². The van der Waals surface area contributed by atoms with Crippen molar-refractivity contribution in [2.75, 3.05) is 11.9 Å². The first kappa shape index (κ1) is 15.2. The highest BCUT2D eigenvalue weighted by Gasteiger charge is 2.12. The van der Waals surface area contributed by atoms with Crippen LogP contribution in [0.25, 0.3) is 32.3 Å². The number of benzene rings is 5. The zero-order valence-electron chi connectivity index (χ0n) is 15.4. The van der Waals surface area contributed by atoms with Gasteiger partial charge in [-0.25, -0.2) is 0 Å². The zero-order chi connectivity index (χ0) is 17.8. The molecule has 0 radical (unpaired) electrons. The fourth-order valence-electron chi connectivity index (χ4n) is 4.22. The molecule has 0 atom stereocenters. The van der Waals surface area contributed by atoms with Gasteiger partial charge in [-0.1, -0.05) is 48.5 Å². The lowest BCUT2D eigenvalue weighted by Gasteiger charge is -2.22. The number of nitrogens with zero attached hydrogens (tertiary/aromatic N) is 1. The lowest BCUT2D eigenvalue weighted by molar-refractivity contribution is 1.20. The molecule has 5 aromatic carbocycles. The Morgan fingerprint density at radius 2 is 1.00 bits per heavy atom. The molecule has 0 aromatic heterocycles. The molecule has 0 amide bonds. The van der Waals surface area contributed by atoms with Crippen LogP contribution in [0.5, 0.6) is 0 Å². The second kappa shape index (κ2) is 5.47. The summed E-state index contributed by atoms with van der Waals surface area (Å²) in [7, 11) is 2.15. The molecule has 0 saturated carbocycles. The van der Waals surface area contributed by atoms with Gasteiger partial charge >= 0.3 is 0 Å². The summed E-state index contributed by atoms with van der Waals surface area (Å²) in [6.45, 7) is 4.32. The second-order valence-corrected chi connectivity index (χ2v) is 7.38. The Bertz CT molecular complexity index is 1180. The van der Waals surface area contributed by atoms with Crippen LogP contribution >= 0.6 is 0 Å².